The van der Waals surface area contributed by atoms with Crippen LogP contribution >= 0.6 is 0 Å². The van der Waals surface area contributed by atoms with Gasteiger partial charge in [0.15, 0.2) is 27.9 Å². The number of hydrogen-bond donors (Lipinski definition) is 1. The Morgan fingerprint density at radius 2 is 2.06 bits per heavy atom. The molecule has 0 unspecified atom stereocenters. The monoisotopic (exact) mass is 481 g/mol. The molecule has 0 bridgehead atoms. The molecule has 0 spiro atoms. The normalized spacial score (nSPS) is 11.5. The van der Waals surface area contributed by atoms with Crippen molar-refractivity contribution in [2.45, 2.75) is 11.4 Å². The minimum Gasteiger partial charge on any atom is -0.495 e. The number of alkyl halides is 1. The molecule has 0 fully saturated rings. The van der Waals surface area contributed by atoms with E-state index in [2.05, 4.69) is 20.0 Å². The predicted molar refractivity (Wildman–Crippen MR) is 110 cm³/mol. The van der Waals surface area contributed by atoms with E-state index in [9.17, 15) is 12.8 Å². The molecule has 0 aliphatic carbocycles. The minimum absolute atomic E-state index is 0.0107. The molecule has 4 rings (SSSR count). The van der Waals surface area contributed by atoms with Crippen LogP contribution < -0.4 is 18.9 Å². The van der Waals surface area contributed by atoms with E-state index in [0.29, 0.717) is 0 Å². The number of nitrogens with zero attached hydrogens (tertiary/aromatic N) is 4. The maximum Gasteiger partial charge on any atom is 0.272 e. The summed E-state index contributed by atoms with van der Waals surface area (Å²) in [7, 11) is -1.93. The zero-order valence-corrected chi connectivity index (χ0v) is 18.1. The number of ether oxygens (including phenoxy) is 3. The van der Waals surface area contributed by atoms with Gasteiger partial charge in [-0.15, -0.1) is 0 Å². The fourth-order valence-corrected chi connectivity index (χ4v) is 4.46. The van der Waals surface area contributed by atoms with Crippen LogP contribution in [0.3, 0.4) is 0 Å². The predicted octanol–water partition coefficient (Wildman–Crippen LogP) is 2.73. The first-order valence-electron chi connectivity index (χ1n) is 9.26. The van der Waals surface area contributed by atoms with Gasteiger partial charge < -0.3 is 18.7 Å². The van der Waals surface area contributed by atoms with Crippen LogP contribution in [0.15, 0.2) is 46.2 Å². The summed E-state index contributed by atoms with van der Waals surface area (Å²) < 4.78 is 78.3. The molecule has 0 amide bonds. The lowest BCUT2D eigenvalue weighted by molar-refractivity contribution is 0.186. The summed E-state index contributed by atoms with van der Waals surface area (Å²) in [6.07, 6.45) is 4.41. The largest absolute Gasteiger partial charge is 0.495 e. The molecule has 33 heavy (non-hydrogen) atoms. The fraction of sp³-hybridized carbons (Fsp3) is 0.211. The molecule has 1 N–H and O–H groups in total. The molecule has 174 valence electrons. The summed E-state index contributed by atoms with van der Waals surface area (Å²) in [6.45, 7) is -1.39. The van der Waals surface area contributed by atoms with Crippen LogP contribution in [0.5, 0.6) is 17.4 Å². The van der Waals surface area contributed by atoms with Gasteiger partial charge >= 0.3 is 0 Å². The zero-order chi connectivity index (χ0) is 23.6. The van der Waals surface area contributed by atoms with E-state index in [-0.39, 0.29) is 34.7 Å². The molecule has 11 nitrogen and oxygen atoms in total. The van der Waals surface area contributed by atoms with Crippen molar-refractivity contribution in [2.24, 2.45) is 0 Å². The smallest absolute Gasteiger partial charge is 0.272 e. The van der Waals surface area contributed by atoms with Gasteiger partial charge in [0.05, 0.1) is 20.8 Å². The third-order valence-corrected chi connectivity index (χ3v) is 5.95. The molecule has 0 aliphatic rings. The Bertz CT molecular complexity index is 1370. The highest BCUT2D eigenvalue weighted by Crippen LogP contribution is 2.39. The second-order valence-electron chi connectivity index (χ2n) is 6.50. The number of anilines is 1. The van der Waals surface area contributed by atoms with Gasteiger partial charge in [0.2, 0.25) is 12.7 Å². The molecule has 0 saturated heterocycles. The van der Waals surface area contributed by atoms with Crippen molar-refractivity contribution in [2.75, 3.05) is 25.8 Å². The summed E-state index contributed by atoms with van der Waals surface area (Å²) >= 11 is 0. The van der Waals surface area contributed by atoms with Crippen LogP contribution in [0.25, 0.3) is 11.0 Å². The zero-order valence-electron chi connectivity index (χ0n) is 17.3. The lowest BCUT2D eigenvalue weighted by atomic mass is 10.1. The molecular weight excluding hydrogens is 464 g/mol. The van der Waals surface area contributed by atoms with Gasteiger partial charge in [-0.1, -0.05) is 5.16 Å². The standard InChI is InChI=1S/C19H17F2N5O6S/c1-29-12-4-6-22-19(30-2)17(12)33(27,28)25-18-14-13(32-24-18)8-11(9-26-7-3-5-23-26)15(21)16(14)31-10-20/h3-8H,9-10H2,1-2H3,(H,24,25). The number of nitrogens with one attached hydrogen (secondary N) is 1. The number of rotatable bonds is 9. The lowest BCUT2D eigenvalue weighted by Crippen LogP contribution is -2.16. The average molecular weight is 481 g/mol. The van der Waals surface area contributed by atoms with Crippen LogP contribution in [0, 0.1) is 5.82 Å². The van der Waals surface area contributed by atoms with E-state index < -0.39 is 39.2 Å². The highest BCUT2D eigenvalue weighted by Gasteiger charge is 2.30. The van der Waals surface area contributed by atoms with Crippen molar-refractivity contribution in [3.8, 4) is 17.4 Å². The van der Waals surface area contributed by atoms with E-state index in [1.165, 1.54) is 43.4 Å². The van der Waals surface area contributed by atoms with Gasteiger partial charge in [-0.3, -0.25) is 9.40 Å². The second kappa shape index (κ2) is 8.90. The molecule has 1 aromatic carbocycles. The van der Waals surface area contributed by atoms with E-state index >= 15 is 4.39 Å². The summed E-state index contributed by atoms with van der Waals surface area (Å²) in [5, 5.41) is 7.47. The van der Waals surface area contributed by atoms with Crippen molar-refractivity contribution in [1.29, 1.82) is 0 Å². The van der Waals surface area contributed by atoms with Crippen molar-refractivity contribution in [3.05, 3.63) is 48.2 Å². The molecule has 0 saturated carbocycles. The number of hydrogen-bond acceptors (Lipinski definition) is 9. The molecule has 0 radical (unpaired) electrons. The van der Waals surface area contributed by atoms with E-state index in [0.717, 1.165) is 0 Å². The highest BCUT2D eigenvalue weighted by molar-refractivity contribution is 7.93. The Morgan fingerprint density at radius 1 is 1.24 bits per heavy atom. The fourth-order valence-electron chi connectivity index (χ4n) is 3.19. The average Bonchev–Trinajstić information content (AvgIpc) is 3.45. The van der Waals surface area contributed by atoms with Crippen LogP contribution in [-0.2, 0) is 16.6 Å². The van der Waals surface area contributed by atoms with Gasteiger partial charge in [-0.25, -0.2) is 22.2 Å². The number of halogens is 2. The molecule has 3 heterocycles. The summed E-state index contributed by atoms with van der Waals surface area (Å²) in [5.41, 5.74) is 0.0284. The molecular formula is C19H17F2N5O6S. The summed E-state index contributed by atoms with van der Waals surface area (Å²) in [4.78, 5) is 3.44. The molecule has 0 aliphatic heterocycles. The Kier molecular flexibility index (Phi) is 6.00. The number of benzene rings is 1. The number of aromatic nitrogens is 4. The van der Waals surface area contributed by atoms with Crippen LogP contribution in [-0.4, -0.2) is 49.4 Å². The maximum absolute atomic E-state index is 15.2. The summed E-state index contributed by atoms with van der Waals surface area (Å²) in [6, 6.07) is 4.27. The second-order valence-corrected chi connectivity index (χ2v) is 8.12. The van der Waals surface area contributed by atoms with E-state index in [4.69, 9.17) is 18.7 Å². The van der Waals surface area contributed by atoms with Crippen LogP contribution in [0.2, 0.25) is 0 Å². The first-order chi connectivity index (χ1) is 15.9. The lowest BCUT2D eigenvalue weighted by Gasteiger charge is -2.13. The number of fused-ring (bicyclic) bond motifs is 1. The molecule has 0 atom stereocenters. The SMILES string of the molecule is COc1ccnc(OC)c1S(=O)(=O)Nc1noc2cc(Cn3cccn3)c(F)c(OCF)c12. The van der Waals surface area contributed by atoms with Crippen molar-refractivity contribution in [3.63, 3.8) is 0 Å². The van der Waals surface area contributed by atoms with Crippen molar-refractivity contribution < 1.29 is 35.9 Å². The molecule has 4 aromatic rings. The maximum atomic E-state index is 15.2. The van der Waals surface area contributed by atoms with Gasteiger partial charge in [0.1, 0.15) is 11.1 Å². The minimum atomic E-state index is -4.43. The van der Waals surface area contributed by atoms with Crippen molar-refractivity contribution in [1.82, 2.24) is 19.9 Å². The first-order valence-corrected chi connectivity index (χ1v) is 10.7. The van der Waals surface area contributed by atoms with E-state index in [1.807, 2.05) is 0 Å². The molecule has 3 aromatic heterocycles. The Hall–Kier alpha value is -3.94. The van der Waals surface area contributed by atoms with Gasteiger partial charge in [-0.2, -0.15) is 5.10 Å². The topological polar surface area (TPSA) is 131 Å². The number of methoxy groups -OCH3 is 2. The highest BCUT2D eigenvalue weighted by atomic mass is 32.2. The third-order valence-electron chi connectivity index (χ3n) is 4.57. The number of sulfonamides is 1. The van der Waals surface area contributed by atoms with Crippen LogP contribution in [0.1, 0.15) is 5.56 Å². The Balaban J connectivity index is 1.82. The third kappa shape index (κ3) is 4.11. The summed E-state index contributed by atoms with van der Waals surface area (Å²) in [5.74, 6) is -2.22. The van der Waals surface area contributed by atoms with E-state index in [1.54, 1.807) is 12.3 Å². The quantitative estimate of drug-likeness (QED) is 0.383. The van der Waals surface area contributed by atoms with Crippen molar-refractivity contribution >= 4 is 26.8 Å². The van der Waals surface area contributed by atoms with Gasteiger partial charge in [0, 0.05) is 30.2 Å². The molecule has 14 heteroatoms. The first kappa shape index (κ1) is 22.3. The van der Waals surface area contributed by atoms with Gasteiger partial charge in [-0.05, 0) is 12.1 Å². The Morgan fingerprint density at radius 3 is 2.73 bits per heavy atom. The van der Waals surface area contributed by atoms with Crippen LogP contribution in [0.4, 0.5) is 14.6 Å². The van der Waals surface area contributed by atoms with Gasteiger partial charge in [0.25, 0.3) is 10.0 Å². The Labute approximate surface area is 185 Å². The number of pyridine rings is 1.